The summed E-state index contributed by atoms with van der Waals surface area (Å²) < 4.78 is 41.1. The van der Waals surface area contributed by atoms with E-state index in [0.717, 1.165) is 6.42 Å². The van der Waals surface area contributed by atoms with E-state index in [0.29, 0.717) is 24.1 Å². The van der Waals surface area contributed by atoms with Crippen LogP contribution in [0.1, 0.15) is 29.3 Å². The molecule has 0 bridgehead atoms. The standard InChI is InChI=1S/C26H24F3N7O3/c1-3-12-31-19-20(22(38)21(19)37)33-14-8-10-15(11-9-14)34-25-32-13-17(26(27,28)29)23(36-25)35-18-7-5-4-6-16(18)24(39)30-2/h4-11,13,31,33H,3,12H2,1-2H3,(H,30,39)(H2,32,34,35,36). The number of carbonyl (C=O) groups excluding carboxylic acids is 1. The quantitative estimate of drug-likeness (QED) is 0.184. The number of amides is 1. The molecule has 0 spiro atoms. The minimum absolute atomic E-state index is 0.128. The van der Waals surface area contributed by atoms with E-state index < -0.39 is 34.3 Å². The monoisotopic (exact) mass is 539 g/mol. The van der Waals surface area contributed by atoms with Crippen molar-refractivity contribution in [3.05, 3.63) is 86.3 Å². The maximum absolute atomic E-state index is 13.7. The Labute approximate surface area is 220 Å². The van der Waals surface area contributed by atoms with Gasteiger partial charge in [-0.3, -0.25) is 14.4 Å². The Balaban J connectivity index is 1.55. The van der Waals surface area contributed by atoms with Gasteiger partial charge in [0.15, 0.2) is 0 Å². The van der Waals surface area contributed by atoms with Crippen LogP contribution in [0.25, 0.3) is 0 Å². The lowest BCUT2D eigenvalue weighted by molar-refractivity contribution is -0.137. The average Bonchev–Trinajstić information content (AvgIpc) is 2.92. The first-order chi connectivity index (χ1) is 18.6. The molecule has 4 aromatic rings. The van der Waals surface area contributed by atoms with E-state index in [1.807, 2.05) is 6.92 Å². The number of nitrogens with zero attached hydrogens (tertiary/aromatic N) is 2. The lowest BCUT2D eigenvalue weighted by Gasteiger charge is -2.17. The van der Waals surface area contributed by atoms with Gasteiger partial charge in [0.05, 0.1) is 11.3 Å². The summed E-state index contributed by atoms with van der Waals surface area (Å²) >= 11 is 0. The van der Waals surface area contributed by atoms with Gasteiger partial charge in [-0.1, -0.05) is 19.1 Å². The summed E-state index contributed by atoms with van der Waals surface area (Å²) in [6.45, 7) is 2.48. The van der Waals surface area contributed by atoms with Crippen LogP contribution in [-0.4, -0.2) is 29.5 Å². The van der Waals surface area contributed by atoms with Crippen molar-refractivity contribution in [3.63, 3.8) is 0 Å². The van der Waals surface area contributed by atoms with Gasteiger partial charge >= 0.3 is 6.18 Å². The third kappa shape index (κ3) is 5.98. The van der Waals surface area contributed by atoms with Gasteiger partial charge in [0.2, 0.25) is 5.95 Å². The van der Waals surface area contributed by atoms with E-state index in [1.165, 1.54) is 19.2 Å². The number of nitrogens with one attached hydrogen (secondary N) is 5. The summed E-state index contributed by atoms with van der Waals surface area (Å²) in [6.07, 6.45) is -3.33. The van der Waals surface area contributed by atoms with Gasteiger partial charge in [0, 0.05) is 31.2 Å². The van der Waals surface area contributed by atoms with Gasteiger partial charge in [-0.15, -0.1) is 0 Å². The number of hydrogen-bond acceptors (Lipinski definition) is 9. The fourth-order valence-electron chi connectivity index (χ4n) is 3.64. The summed E-state index contributed by atoms with van der Waals surface area (Å²) in [6, 6.07) is 12.5. The first-order valence-corrected chi connectivity index (χ1v) is 11.9. The predicted octanol–water partition coefficient (Wildman–Crippen LogP) is 4.50. The third-order valence-electron chi connectivity index (χ3n) is 5.62. The normalized spacial score (nSPS) is 11.2. The van der Waals surface area contributed by atoms with Gasteiger partial charge in [0.25, 0.3) is 16.8 Å². The third-order valence-corrected chi connectivity index (χ3v) is 5.62. The van der Waals surface area contributed by atoms with Crippen LogP contribution in [0.2, 0.25) is 0 Å². The van der Waals surface area contributed by atoms with Crippen molar-refractivity contribution in [1.29, 1.82) is 0 Å². The highest BCUT2D eigenvalue weighted by Gasteiger charge is 2.35. The number of carbonyl (C=O) groups is 1. The van der Waals surface area contributed by atoms with Gasteiger partial charge < -0.3 is 26.6 Å². The van der Waals surface area contributed by atoms with Crippen molar-refractivity contribution in [2.75, 3.05) is 34.9 Å². The Kier molecular flexibility index (Phi) is 7.79. The van der Waals surface area contributed by atoms with Crippen LogP contribution in [0.4, 0.5) is 53.4 Å². The molecule has 0 unspecified atom stereocenters. The first kappa shape index (κ1) is 27.1. The van der Waals surface area contributed by atoms with Crippen LogP contribution in [-0.2, 0) is 6.18 Å². The van der Waals surface area contributed by atoms with E-state index >= 15 is 0 Å². The Morgan fingerprint density at radius 2 is 1.54 bits per heavy atom. The summed E-state index contributed by atoms with van der Waals surface area (Å²) in [5.74, 6) is -1.15. The highest BCUT2D eigenvalue weighted by atomic mass is 19.4. The van der Waals surface area contributed by atoms with Crippen LogP contribution >= 0.6 is 0 Å². The molecule has 1 aromatic heterocycles. The average molecular weight is 540 g/mol. The number of rotatable bonds is 10. The number of hydrogen-bond donors (Lipinski definition) is 5. The van der Waals surface area contributed by atoms with E-state index in [-0.39, 0.29) is 28.6 Å². The zero-order valence-corrected chi connectivity index (χ0v) is 20.9. The first-order valence-electron chi connectivity index (χ1n) is 11.9. The maximum Gasteiger partial charge on any atom is 0.421 e. The van der Waals surface area contributed by atoms with Gasteiger partial charge in [-0.25, -0.2) is 4.98 Å². The van der Waals surface area contributed by atoms with Crippen molar-refractivity contribution < 1.29 is 18.0 Å². The molecular weight excluding hydrogens is 515 g/mol. The number of aromatic nitrogens is 2. The molecule has 0 radical (unpaired) electrons. The van der Waals surface area contributed by atoms with Crippen LogP contribution in [0, 0.1) is 0 Å². The van der Waals surface area contributed by atoms with Crippen molar-refractivity contribution >= 4 is 46.1 Å². The molecule has 10 nitrogen and oxygen atoms in total. The molecule has 5 N–H and O–H groups in total. The second kappa shape index (κ2) is 11.2. The van der Waals surface area contributed by atoms with Gasteiger partial charge in [0.1, 0.15) is 22.8 Å². The Morgan fingerprint density at radius 1 is 0.897 bits per heavy atom. The molecule has 202 valence electrons. The van der Waals surface area contributed by atoms with E-state index in [2.05, 4.69) is 36.6 Å². The van der Waals surface area contributed by atoms with Crippen LogP contribution in [0.15, 0.2) is 64.3 Å². The molecule has 0 atom stereocenters. The number of para-hydroxylation sites is 1. The zero-order valence-electron chi connectivity index (χ0n) is 20.9. The SMILES string of the molecule is CCCNc1c(Nc2ccc(Nc3ncc(C(F)(F)F)c(Nc4ccccc4C(=O)NC)n3)cc2)c(=O)c1=O. The van der Waals surface area contributed by atoms with Gasteiger partial charge in [-0.05, 0) is 42.8 Å². The van der Waals surface area contributed by atoms with E-state index in [1.54, 1.807) is 36.4 Å². The van der Waals surface area contributed by atoms with Crippen molar-refractivity contribution in [2.24, 2.45) is 0 Å². The van der Waals surface area contributed by atoms with Crippen molar-refractivity contribution in [3.8, 4) is 0 Å². The number of halogens is 3. The second-order valence-electron chi connectivity index (χ2n) is 8.37. The van der Waals surface area contributed by atoms with E-state index in [9.17, 15) is 27.6 Å². The van der Waals surface area contributed by atoms with Gasteiger partial charge in [-0.2, -0.15) is 18.2 Å². The molecule has 0 saturated heterocycles. The lowest BCUT2D eigenvalue weighted by atomic mass is 10.1. The number of anilines is 7. The summed E-state index contributed by atoms with van der Waals surface area (Å²) in [4.78, 5) is 43.7. The minimum atomic E-state index is -4.75. The fraction of sp³-hybridized carbons (Fsp3) is 0.192. The molecule has 13 heteroatoms. The summed E-state index contributed by atoms with van der Waals surface area (Å²) in [5, 5.41) is 13.7. The van der Waals surface area contributed by atoms with Crippen molar-refractivity contribution in [1.82, 2.24) is 15.3 Å². The highest BCUT2D eigenvalue weighted by Crippen LogP contribution is 2.36. The predicted molar refractivity (Wildman–Crippen MR) is 143 cm³/mol. The molecule has 4 rings (SSSR count). The molecule has 0 aliphatic heterocycles. The molecule has 0 aliphatic carbocycles. The highest BCUT2D eigenvalue weighted by molar-refractivity contribution is 6.00. The molecular formula is C26H24F3N7O3. The molecule has 0 fully saturated rings. The molecule has 1 heterocycles. The maximum atomic E-state index is 13.7. The summed E-state index contributed by atoms with van der Waals surface area (Å²) in [7, 11) is 1.41. The molecule has 0 saturated carbocycles. The zero-order chi connectivity index (χ0) is 28.2. The fourth-order valence-corrected chi connectivity index (χ4v) is 3.64. The Morgan fingerprint density at radius 3 is 2.18 bits per heavy atom. The molecule has 1 amide bonds. The Hall–Kier alpha value is -4.94. The van der Waals surface area contributed by atoms with Crippen LogP contribution < -0.4 is 37.4 Å². The van der Waals surface area contributed by atoms with E-state index in [4.69, 9.17) is 0 Å². The lowest BCUT2D eigenvalue weighted by Crippen LogP contribution is -2.36. The topological polar surface area (TPSA) is 137 Å². The summed E-state index contributed by atoms with van der Waals surface area (Å²) in [5.41, 5.74) is -0.654. The molecule has 0 aliphatic rings. The largest absolute Gasteiger partial charge is 0.421 e. The van der Waals surface area contributed by atoms with Crippen molar-refractivity contribution in [2.45, 2.75) is 19.5 Å². The minimum Gasteiger partial charge on any atom is -0.380 e. The molecule has 3 aromatic carbocycles. The smallest absolute Gasteiger partial charge is 0.380 e. The number of benzene rings is 2. The number of alkyl halides is 3. The Bertz CT molecular complexity index is 1560. The van der Waals surface area contributed by atoms with Crippen LogP contribution in [0.3, 0.4) is 0 Å². The van der Waals surface area contributed by atoms with Crippen LogP contribution in [0.5, 0.6) is 0 Å². The molecule has 39 heavy (non-hydrogen) atoms. The second-order valence-corrected chi connectivity index (χ2v) is 8.37.